The molecule has 0 aromatic carbocycles. The summed E-state index contributed by atoms with van der Waals surface area (Å²) < 4.78 is 21.5. The first-order chi connectivity index (χ1) is 8.85. The Balaban J connectivity index is 1.98. The molecule has 1 fully saturated rings. The van der Waals surface area contributed by atoms with Crippen molar-refractivity contribution in [2.75, 3.05) is 12.3 Å². The molecule has 1 aromatic rings. The van der Waals surface area contributed by atoms with Crippen LogP contribution in [0, 0.1) is 0 Å². The summed E-state index contributed by atoms with van der Waals surface area (Å²) in [6.07, 6.45) is 1.13. The number of anilines is 1. The Hall–Kier alpha value is -1.32. The number of ether oxygens (including phenoxy) is 1. The standard InChI is InChI=1S/C8H13N4O6P/c9-7-10-4-12(8(13)11-7)6-2-1-5(18-6)3-17-19(14,15)16/h4-6H,1-3H2,(H2,9,11,13)(H2,14,15,16)/t5-,6+/m0/s1. The lowest BCUT2D eigenvalue weighted by atomic mass is 10.2. The van der Waals surface area contributed by atoms with Crippen molar-refractivity contribution >= 4 is 13.8 Å². The van der Waals surface area contributed by atoms with E-state index in [0.29, 0.717) is 12.8 Å². The molecule has 4 N–H and O–H groups in total. The van der Waals surface area contributed by atoms with E-state index in [1.165, 1.54) is 10.9 Å². The topological polar surface area (TPSA) is 150 Å². The highest BCUT2D eigenvalue weighted by atomic mass is 31.2. The Labute approximate surface area is 107 Å². The Morgan fingerprint density at radius 2 is 2.32 bits per heavy atom. The lowest BCUT2D eigenvalue weighted by Gasteiger charge is -2.15. The fourth-order valence-electron chi connectivity index (χ4n) is 1.75. The van der Waals surface area contributed by atoms with Crippen LogP contribution in [0.2, 0.25) is 0 Å². The number of nitrogens with two attached hydrogens (primary N) is 1. The minimum atomic E-state index is -4.52. The van der Waals surface area contributed by atoms with Gasteiger partial charge in [-0.15, -0.1) is 0 Å². The fourth-order valence-corrected chi connectivity index (χ4v) is 2.11. The Kier molecular flexibility index (Phi) is 3.97. The molecule has 2 atom stereocenters. The second-order valence-corrected chi connectivity index (χ2v) is 5.22. The lowest BCUT2D eigenvalue weighted by Crippen LogP contribution is -2.28. The molecule has 2 rings (SSSR count). The third-order valence-electron chi connectivity index (χ3n) is 2.57. The van der Waals surface area contributed by atoms with Crippen LogP contribution in [0.25, 0.3) is 0 Å². The van der Waals surface area contributed by atoms with Crippen LogP contribution in [-0.4, -0.2) is 37.0 Å². The van der Waals surface area contributed by atoms with E-state index < -0.39 is 25.8 Å². The summed E-state index contributed by atoms with van der Waals surface area (Å²) in [7, 11) is -4.52. The molecule has 0 amide bonds. The van der Waals surface area contributed by atoms with Crippen LogP contribution in [0.3, 0.4) is 0 Å². The number of phosphoric ester groups is 1. The molecule has 2 heterocycles. The van der Waals surface area contributed by atoms with E-state index in [-0.39, 0.29) is 12.6 Å². The maximum absolute atomic E-state index is 11.5. The van der Waals surface area contributed by atoms with Gasteiger partial charge >= 0.3 is 13.5 Å². The van der Waals surface area contributed by atoms with Crippen LogP contribution in [0.15, 0.2) is 11.1 Å². The molecule has 0 bridgehead atoms. The summed E-state index contributed by atoms with van der Waals surface area (Å²) in [6, 6.07) is 0. The Morgan fingerprint density at radius 3 is 2.95 bits per heavy atom. The van der Waals surface area contributed by atoms with Gasteiger partial charge in [0.05, 0.1) is 12.7 Å². The molecule has 1 aromatic heterocycles. The zero-order valence-corrected chi connectivity index (χ0v) is 10.6. The molecule has 1 aliphatic rings. The minimum absolute atomic E-state index is 0.124. The number of nitrogens with zero attached hydrogens (tertiary/aromatic N) is 3. The van der Waals surface area contributed by atoms with Gasteiger partial charge in [-0.05, 0) is 12.8 Å². The van der Waals surface area contributed by atoms with E-state index >= 15 is 0 Å². The second kappa shape index (κ2) is 5.35. The predicted octanol–water partition coefficient (Wildman–Crippen LogP) is -0.993. The fraction of sp³-hybridized carbons (Fsp3) is 0.625. The van der Waals surface area contributed by atoms with Crippen LogP contribution in [0.5, 0.6) is 0 Å². The smallest absolute Gasteiger partial charge is 0.368 e. The first-order valence-electron chi connectivity index (χ1n) is 5.41. The van der Waals surface area contributed by atoms with Crippen LogP contribution < -0.4 is 11.4 Å². The highest BCUT2D eigenvalue weighted by Crippen LogP contribution is 2.37. The van der Waals surface area contributed by atoms with Crippen molar-refractivity contribution in [3.63, 3.8) is 0 Å². The molecule has 0 spiro atoms. The monoisotopic (exact) mass is 292 g/mol. The van der Waals surface area contributed by atoms with Crippen molar-refractivity contribution in [1.29, 1.82) is 0 Å². The van der Waals surface area contributed by atoms with Crippen molar-refractivity contribution < 1.29 is 23.6 Å². The molecular formula is C8H13N4O6P. The molecule has 1 aliphatic heterocycles. The lowest BCUT2D eigenvalue weighted by molar-refractivity contribution is -0.0247. The number of rotatable bonds is 4. The van der Waals surface area contributed by atoms with Gasteiger partial charge in [0.1, 0.15) is 12.6 Å². The quantitative estimate of drug-likeness (QED) is 0.594. The van der Waals surface area contributed by atoms with Gasteiger partial charge in [0, 0.05) is 0 Å². The summed E-state index contributed by atoms with van der Waals surface area (Å²) in [5.74, 6) is -0.124. The van der Waals surface area contributed by atoms with Crippen molar-refractivity contribution in [1.82, 2.24) is 14.5 Å². The molecule has 0 saturated carbocycles. The van der Waals surface area contributed by atoms with Crippen LogP contribution in [0.4, 0.5) is 5.95 Å². The van der Waals surface area contributed by atoms with Crippen LogP contribution in [-0.2, 0) is 13.8 Å². The van der Waals surface area contributed by atoms with Crippen LogP contribution >= 0.6 is 7.82 Å². The van der Waals surface area contributed by atoms with Gasteiger partial charge in [-0.25, -0.2) is 14.3 Å². The first-order valence-corrected chi connectivity index (χ1v) is 6.94. The van der Waals surface area contributed by atoms with Gasteiger partial charge in [-0.1, -0.05) is 0 Å². The zero-order chi connectivity index (χ0) is 14.0. The summed E-state index contributed by atoms with van der Waals surface area (Å²) in [5, 5.41) is 0. The first kappa shape index (κ1) is 14.1. The molecule has 19 heavy (non-hydrogen) atoms. The molecule has 11 heteroatoms. The number of hydrogen-bond acceptors (Lipinski definition) is 7. The largest absolute Gasteiger partial charge is 0.469 e. The van der Waals surface area contributed by atoms with Crippen molar-refractivity contribution in [2.24, 2.45) is 0 Å². The minimum Gasteiger partial charge on any atom is -0.368 e. The van der Waals surface area contributed by atoms with Gasteiger partial charge in [0.2, 0.25) is 5.95 Å². The molecule has 1 saturated heterocycles. The Bertz CT molecular complexity index is 556. The van der Waals surface area contributed by atoms with E-state index in [0.717, 1.165) is 0 Å². The summed E-state index contributed by atoms with van der Waals surface area (Å²) in [6.45, 7) is -0.245. The number of hydrogen-bond donors (Lipinski definition) is 3. The number of aromatic nitrogens is 3. The highest BCUT2D eigenvalue weighted by Gasteiger charge is 2.29. The van der Waals surface area contributed by atoms with Gasteiger partial charge in [-0.3, -0.25) is 9.09 Å². The molecular weight excluding hydrogens is 279 g/mol. The van der Waals surface area contributed by atoms with E-state index in [1.54, 1.807) is 0 Å². The maximum atomic E-state index is 11.5. The third kappa shape index (κ3) is 3.82. The summed E-state index contributed by atoms with van der Waals surface area (Å²) in [4.78, 5) is 35.9. The molecule has 106 valence electrons. The maximum Gasteiger partial charge on any atom is 0.469 e. The average Bonchev–Trinajstić information content (AvgIpc) is 2.74. The van der Waals surface area contributed by atoms with Crippen molar-refractivity contribution in [3.05, 3.63) is 16.8 Å². The SMILES string of the molecule is Nc1ncn([C@H]2CC[C@@H](COP(=O)(O)O)O2)c(=O)n1. The molecule has 0 aliphatic carbocycles. The molecule has 0 unspecified atom stereocenters. The third-order valence-corrected chi connectivity index (χ3v) is 3.05. The zero-order valence-electron chi connectivity index (χ0n) is 9.75. The van der Waals surface area contributed by atoms with Crippen LogP contribution in [0.1, 0.15) is 19.1 Å². The van der Waals surface area contributed by atoms with E-state index in [2.05, 4.69) is 14.5 Å². The number of phosphoric acid groups is 1. The highest BCUT2D eigenvalue weighted by molar-refractivity contribution is 7.46. The summed E-state index contributed by atoms with van der Waals surface area (Å²) >= 11 is 0. The predicted molar refractivity (Wildman–Crippen MR) is 61.8 cm³/mol. The van der Waals surface area contributed by atoms with E-state index in [1.807, 2.05) is 0 Å². The second-order valence-electron chi connectivity index (χ2n) is 3.98. The average molecular weight is 292 g/mol. The summed E-state index contributed by atoms with van der Waals surface area (Å²) in [5.41, 5.74) is 4.68. The van der Waals surface area contributed by atoms with Crippen molar-refractivity contribution in [3.8, 4) is 0 Å². The van der Waals surface area contributed by atoms with Gasteiger partial charge < -0.3 is 20.3 Å². The van der Waals surface area contributed by atoms with Gasteiger partial charge in [0.15, 0.2) is 0 Å². The van der Waals surface area contributed by atoms with E-state index in [9.17, 15) is 9.36 Å². The Morgan fingerprint density at radius 1 is 1.58 bits per heavy atom. The molecule has 0 radical (unpaired) electrons. The van der Waals surface area contributed by atoms with E-state index in [4.69, 9.17) is 20.3 Å². The van der Waals surface area contributed by atoms with Crippen molar-refractivity contribution in [2.45, 2.75) is 25.2 Å². The normalized spacial score (nSPS) is 23.7. The van der Waals surface area contributed by atoms with Gasteiger partial charge in [-0.2, -0.15) is 4.98 Å². The van der Waals surface area contributed by atoms with Gasteiger partial charge in [0.25, 0.3) is 0 Å². The molecule has 10 nitrogen and oxygen atoms in total. The number of nitrogen functional groups attached to an aromatic ring is 1.